The molecule has 1 fully saturated rings. The quantitative estimate of drug-likeness (QED) is 0.943. The molecule has 1 aliphatic heterocycles. The van der Waals surface area contributed by atoms with Gasteiger partial charge in [0.2, 0.25) is 11.8 Å². The normalized spacial score (nSPS) is 14.4. The molecule has 2 amide bonds. The van der Waals surface area contributed by atoms with Crippen molar-refractivity contribution in [2.45, 2.75) is 19.8 Å². The summed E-state index contributed by atoms with van der Waals surface area (Å²) in [7, 11) is 0. The van der Waals surface area contributed by atoms with E-state index >= 15 is 0 Å². The lowest BCUT2D eigenvalue weighted by molar-refractivity contribution is -0.131. The van der Waals surface area contributed by atoms with E-state index in [0.29, 0.717) is 13.0 Å². The molecule has 0 unspecified atom stereocenters. The summed E-state index contributed by atoms with van der Waals surface area (Å²) >= 11 is 1.61. The first kappa shape index (κ1) is 14.7. The van der Waals surface area contributed by atoms with Crippen LogP contribution >= 0.6 is 11.3 Å². The molecule has 0 saturated carbocycles. The highest BCUT2D eigenvalue weighted by atomic mass is 32.1. The fourth-order valence-corrected chi connectivity index (χ4v) is 3.09. The number of hydrogen-bond donors (Lipinski definition) is 1. The van der Waals surface area contributed by atoms with Gasteiger partial charge in [-0.25, -0.2) is 4.98 Å². The van der Waals surface area contributed by atoms with Crippen LogP contribution in [0.5, 0.6) is 0 Å². The Balaban J connectivity index is 1.61. The average Bonchev–Trinajstić information content (AvgIpc) is 3.09. The Labute approximate surface area is 133 Å². The number of carbonyl (C=O) groups is 2. The number of benzene rings is 1. The van der Waals surface area contributed by atoms with Crippen molar-refractivity contribution in [3.05, 3.63) is 34.7 Å². The molecule has 6 heteroatoms. The molecule has 1 N–H and O–H groups in total. The van der Waals surface area contributed by atoms with Crippen LogP contribution in [0.4, 0.5) is 5.69 Å². The smallest absolute Gasteiger partial charge is 0.243 e. The molecule has 0 bridgehead atoms. The van der Waals surface area contributed by atoms with Crippen LogP contribution in [0.2, 0.25) is 0 Å². The molecule has 2 heterocycles. The molecule has 1 aromatic carbocycles. The van der Waals surface area contributed by atoms with Crippen LogP contribution in [0.25, 0.3) is 11.3 Å². The summed E-state index contributed by atoms with van der Waals surface area (Å²) < 4.78 is 0. The minimum atomic E-state index is -0.160. The maximum Gasteiger partial charge on any atom is 0.243 e. The van der Waals surface area contributed by atoms with Crippen molar-refractivity contribution in [1.82, 2.24) is 9.88 Å². The second-order valence-electron chi connectivity index (χ2n) is 5.30. The Bertz CT molecular complexity index is 694. The van der Waals surface area contributed by atoms with Crippen LogP contribution < -0.4 is 5.32 Å². The third-order valence-electron chi connectivity index (χ3n) is 3.59. The second kappa shape index (κ2) is 6.27. The van der Waals surface area contributed by atoms with Crippen molar-refractivity contribution in [3.63, 3.8) is 0 Å². The van der Waals surface area contributed by atoms with Crippen LogP contribution in [-0.2, 0) is 9.59 Å². The molecular weight excluding hydrogens is 298 g/mol. The minimum absolute atomic E-state index is 0.0596. The zero-order valence-corrected chi connectivity index (χ0v) is 13.2. The Morgan fingerprint density at radius 2 is 2.14 bits per heavy atom. The number of thiazole rings is 1. The van der Waals surface area contributed by atoms with Crippen molar-refractivity contribution in [3.8, 4) is 11.3 Å². The monoisotopic (exact) mass is 315 g/mol. The van der Waals surface area contributed by atoms with E-state index in [1.54, 1.807) is 16.2 Å². The number of rotatable bonds is 4. The van der Waals surface area contributed by atoms with E-state index in [4.69, 9.17) is 0 Å². The van der Waals surface area contributed by atoms with E-state index in [1.165, 1.54) is 0 Å². The van der Waals surface area contributed by atoms with Crippen molar-refractivity contribution in [2.24, 2.45) is 0 Å². The number of nitrogens with zero attached hydrogens (tertiary/aromatic N) is 2. The molecule has 0 atom stereocenters. The summed E-state index contributed by atoms with van der Waals surface area (Å²) in [6.07, 6.45) is 1.39. The van der Waals surface area contributed by atoms with E-state index in [2.05, 4.69) is 10.3 Å². The molecule has 1 aromatic heterocycles. The molecule has 114 valence electrons. The molecule has 1 saturated heterocycles. The molecule has 0 spiro atoms. The molecule has 2 aromatic rings. The van der Waals surface area contributed by atoms with Crippen molar-refractivity contribution >= 4 is 28.8 Å². The minimum Gasteiger partial charge on any atom is -0.333 e. The molecule has 5 nitrogen and oxygen atoms in total. The number of aryl methyl sites for hydroxylation is 1. The zero-order valence-electron chi connectivity index (χ0n) is 12.3. The van der Waals surface area contributed by atoms with Crippen LogP contribution in [-0.4, -0.2) is 34.8 Å². The first-order valence-corrected chi connectivity index (χ1v) is 8.10. The first-order valence-electron chi connectivity index (χ1n) is 7.22. The third-order valence-corrected chi connectivity index (χ3v) is 4.36. The van der Waals surface area contributed by atoms with Gasteiger partial charge in [-0.15, -0.1) is 11.3 Å². The summed E-state index contributed by atoms with van der Waals surface area (Å²) in [6.45, 7) is 2.78. The van der Waals surface area contributed by atoms with Crippen LogP contribution in [0.15, 0.2) is 29.6 Å². The number of amides is 2. The summed E-state index contributed by atoms with van der Waals surface area (Å²) in [5.41, 5.74) is 2.70. The lowest BCUT2D eigenvalue weighted by atomic mass is 10.1. The Morgan fingerprint density at radius 3 is 2.73 bits per heavy atom. The van der Waals surface area contributed by atoms with Gasteiger partial charge in [-0.05, 0) is 25.5 Å². The highest BCUT2D eigenvalue weighted by Crippen LogP contribution is 2.23. The van der Waals surface area contributed by atoms with E-state index < -0.39 is 0 Å². The standard InChI is InChI=1S/C16H17N3O2S/c1-11-17-14(10-22-11)12-4-6-13(7-5-12)18-15(20)9-19-8-2-3-16(19)21/h4-7,10H,2-3,8-9H2,1H3,(H,18,20). The second-order valence-corrected chi connectivity index (χ2v) is 6.36. The fraction of sp³-hybridized carbons (Fsp3) is 0.312. The predicted octanol–water partition coefficient (Wildman–Crippen LogP) is 2.68. The SMILES string of the molecule is Cc1nc(-c2ccc(NC(=O)CN3CCCC3=O)cc2)cs1. The van der Waals surface area contributed by atoms with E-state index in [1.807, 2.05) is 36.6 Å². The van der Waals surface area contributed by atoms with Crippen LogP contribution in [0.1, 0.15) is 17.8 Å². The van der Waals surface area contributed by atoms with Gasteiger partial charge in [0.05, 0.1) is 17.2 Å². The van der Waals surface area contributed by atoms with Crippen molar-refractivity contribution in [2.75, 3.05) is 18.4 Å². The van der Waals surface area contributed by atoms with Crippen LogP contribution in [0.3, 0.4) is 0 Å². The van der Waals surface area contributed by atoms with Crippen LogP contribution in [0, 0.1) is 6.92 Å². The third kappa shape index (κ3) is 3.33. The van der Waals surface area contributed by atoms with Gasteiger partial charge in [0.15, 0.2) is 0 Å². The topological polar surface area (TPSA) is 62.3 Å². The van der Waals surface area contributed by atoms with Gasteiger partial charge in [-0.3, -0.25) is 9.59 Å². The Hall–Kier alpha value is -2.21. The van der Waals surface area contributed by atoms with Gasteiger partial charge in [0, 0.05) is 29.6 Å². The lowest BCUT2D eigenvalue weighted by Crippen LogP contribution is -2.33. The number of anilines is 1. The summed E-state index contributed by atoms with van der Waals surface area (Å²) in [5, 5.41) is 5.87. The Morgan fingerprint density at radius 1 is 1.36 bits per heavy atom. The maximum atomic E-state index is 12.0. The molecular formula is C16H17N3O2S. The van der Waals surface area contributed by atoms with Gasteiger partial charge in [-0.2, -0.15) is 0 Å². The Kier molecular flexibility index (Phi) is 4.20. The van der Waals surface area contributed by atoms with Gasteiger partial charge >= 0.3 is 0 Å². The first-order chi connectivity index (χ1) is 10.6. The highest BCUT2D eigenvalue weighted by Gasteiger charge is 2.22. The summed E-state index contributed by atoms with van der Waals surface area (Å²) in [5.74, 6) is -0.100. The van der Waals surface area contributed by atoms with E-state index in [9.17, 15) is 9.59 Å². The number of hydrogen-bond acceptors (Lipinski definition) is 4. The average molecular weight is 315 g/mol. The number of aromatic nitrogens is 1. The summed E-state index contributed by atoms with van der Waals surface area (Å²) in [4.78, 5) is 29.5. The summed E-state index contributed by atoms with van der Waals surface area (Å²) in [6, 6.07) is 7.58. The molecule has 3 rings (SSSR count). The zero-order chi connectivity index (χ0) is 15.5. The number of carbonyl (C=O) groups excluding carboxylic acids is 2. The maximum absolute atomic E-state index is 12.0. The largest absolute Gasteiger partial charge is 0.333 e. The van der Waals surface area contributed by atoms with Gasteiger partial charge in [0.1, 0.15) is 0 Å². The fourth-order valence-electron chi connectivity index (χ4n) is 2.47. The molecule has 0 radical (unpaired) electrons. The van der Waals surface area contributed by atoms with Crippen molar-refractivity contribution < 1.29 is 9.59 Å². The number of likely N-dealkylation sites (tertiary alicyclic amines) is 1. The molecule has 0 aliphatic carbocycles. The lowest BCUT2D eigenvalue weighted by Gasteiger charge is -2.15. The van der Waals surface area contributed by atoms with Crippen molar-refractivity contribution in [1.29, 1.82) is 0 Å². The number of nitrogens with one attached hydrogen (secondary N) is 1. The van der Waals surface area contributed by atoms with E-state index in [-0.39, 0.29) is 18.4 Å². The molecule has 22 heavy (non-hydrogen) atoms. The van der Waals surface area contributed by atoms with Gasteiger partial charge in [-0.1, -0.05) is 12.1 Å². The predicted molar refractivity (Wildman–Crippen MR) is 86.7 cm³/mol. The van der Waals surface area contributed by atoms with E-state index in [0.717, 1.165) is 28.4 Å². The highest BCUT2D eigenvalue weighted by molar-refractivity contribution is 7.09. The van der Waals surface area contributed by atoms with Gasteiger partial charge in [0.25, 0.3) is 0 Å². The van der Waals surface area contributed by atoms with Gasteiger partial charge < -0.3 is 10.2 Å². The molecule has 1 aliphatic rings.